The van der Waals surface area contributed by atoms with Crippen LogP contribution in [-0.4, -0.2) is 25.6 Å². The Labute approximate surface area is 196 Å². The first kappa shape index (κ1) is 22.1. The third kappa shape index (κ3) is 4.44. The second kappa shape index (κ2) is 8.79. The number of rotatable bonds is 6. The van der Waals surface area contributed by atoms with Gasteiger partial charge in [-0.15, -0.1) is 0 Å². The Morgan fingerprint density at radius 3 is 2.64 bits per heavy atom. The molecule has 0 aliphatic heterocycles. The minimum Gasteiger partial charge on any atom is -0.368 e. The molecule has 9 nitrogen and oxygen atoms in total. The Hall–Kier alpha value is -4.11. The molecular weight excluding hydrogens is 420 g/mol. The zero-order chi connectivity index (χ0) is 23.7. The van der Waals surface area contributed by atoms with Gasteiger partial charge in [0.2, 0.25) is 5.91 Å². The summed E-state index contributed by atoms with van der Waals surface area (Å²) in [4.78, 5) is 32.9. The van der Waals surface area contributed by atoms with Gasteiger partial charge in [-0.05, 0) is 38.5 Å². The molecule has 1 amide bonds. The number of amides is 1. The maximum atomic E-state index is 12.2. The lowest BCUT2D eigenvalue weighted by Gasteiger charge is -2.13. The van der Waals surface area contributed by atoms with E-state index in [1.165, 1.54) is 10.6 Å². The van der Waals surface area contributed by atoms with E-state index in [0.29, 0.717) is 34.1 Å². The van der Waals surface area contributed by atoms with Gasteiger partial charge in [0.25, 0.3) is 5.56 Å². The van der Waals surface area contributed by atoms with Gasteiger partial charge < -0.3 is 20.6 Å². The van der Waals surface area contributed by atoms with Gasteiger partial charge in [0.05, 0.1) is 17.6 Å². The molecule has 2 atom stereocenters. The summed E-state index contributed by atoms with van der Waals surface area (Å²) >= 11 is 0. The number of carbonyl (C=O) groups excluding carboxylic acids is 1. The Bertz CT molecular complexity index is 1410. The first-order valence-electron chi connectivity index (χ1n) is 10.4. The summed E-state index contributed by atoms with van der Waals surface area (Å²) in [7, 11) is 0. The van der Waals surface area contributed by atoms with Crippen LogP contribution in [0.15, 0.2) is 64.2 Å². The fourth-order valence-corrected chi connectivity index (χ4v) is 3.42. The van der Waals surface area contributed by atoms with E-state index in [1.807, 2.05) is 38.1 Å². The van der Waals surface area contributed by atoms with E-state index >= 15 is 0 Å². The molecule has 3 aromatic heterocycles. The predicted molar refractivity (Wildman–Crippen MR) is 132 cm³/mol. The molecule has 3 heterocycles. The van der Waals surface area contributed by atoms with E-state index in [4.69, 9.17) is 21.0 Å². The summed E-state index contributed by atoms with van der Waals surface area (Å²) < 4.78 is 6.86. The largest absolute Gasteiger partial charge is 0.368 e. The standard InChI is InChI=1S/C24H24N6O3.4H2/c1-13(25)16-5-4-6-17(9-16)19-10-21(33-29-19)23-14(2)27-11-20(28-23)18-7-8-22(31)30(12-18)15(3)24(26)32;;;;/h4-13,15H,25H2,1-3H3,(H2,26,32);4*1H. The number of pyridine rings is 1. The van der Waals surface area contributed by atoms with Crippen LogP contribution in [0.4, 0.5) is 0 Å². The predicted octanol–water partition coefficient (Wildman–Crippen LogP) is 3.99. The van der Waals surface area contributed by atoms with Crippen LogP contribution in [0.3, 0.4) is 0 Å². The van der Waals surface area contributed by atoms with Crippen LogP contribution in [0, 0.1) is 6.92 Å². The molecule has 176 valence electrons. The lowest BCUT2D eigenvalue weighted by atomic mass is 10.0. The molecule has 33 heavy (non-hydrogen) atoms. The summed E-state index contributed by atoms with van der Waals surface area (Å²) in [5.74, 6) is -0.144. The number of primary amides is 1. The molecule has 9 heteroatoms. The summed E-state index contributed by atoms with van der Waals surface area (Å²) in [5, 5.41) is 4.19. The average molecular weight is 453 g/mol. The molecular formula is C24H32N6O3. The van der Waals surface area contributed by atoms with Crippen molar-refractivity contribution in [3.05, 3.63) is 76.5 Å². The molecule has 2 unspecified atom stereocenters. The number of aromatic nitrogens is 4. The molecule has 4 N–H and O–H groups in total. The summed E-state index contributed by atoms with van der Waals surface area (Å²) in [5.41, 5.74) is 15.9. The molecule has 0 saturated carbocycles. The van der Waals surface area contributed by atoms with Gasteiger partial charge in [0.15, 0.2) is 5.76 Å². The molecule has 0 aliphatic rings. The van der Waals surface area contributed by atoms with E-state index in [0.717, 1.165) is 11.1 Å². The fourth-order valence-electron chi connectivity index (χ4n) is 3.42. The molecule has 0 aliphatic carbocycles. The number of benzene rings is 1. The zero-order valence-electron chi connectivity index (χ0n) is 18.5. The van der Waals surface area contributed by atoms with Gasteiger partial charge in [-0.25, -0.2) is 4.98 Å². The Balaban J connectivity index is 0.00000324. The number of carbonyl (C=O) groups is 1. The monoisotopic (exact) mass is 452 g/mol. The van der Waals surface area contributed by atoms with Crippen LogP contribution in [0.25, 0.3) is 34.0 Å². The van der Waals surface area contributed by atoms with Crippen LogP contribution in [0.2, 0.25) is 0 Å². The third-order valence-electron chi connectivity index (χ3n) is 5.47. The van der Waals surface area contributed by atoms with Crippen LogP contribution >= 0.6 is 0 Å². The Morgan fingerprint density at radius 1 is 1.12 bits per heavy atom. The van der Waals surface area contributed by atoms with Gasteiger partial charge in [0.1, 0.15) is 17.4 Å². The number of aryl methyl sites for hydroxylation is 1. The van der Waals surface area contributed by atoms with Gasteiger partial charge >= 0.3 is 0 Å². The van der Waals surface area contributed by atoms with Crippen LogP contribution in [0.5, 0.6) is 0 Å². The van der Waals surface area contributed by atoms with E-state index in [1.54, 1.807) is 31.5 Å². The second-order valence-corrected chi connectivity index (χ2v) is 7.92. The highest BCUT2D eigenvalue weighted by Gasteiger charge is 2.17. The van der Waals surface area contributed by atoms with E-state index < -0.39 is 11.9 Å². The number of hydrogen-bond acceptors (Lipinski definition) is 7. The van der Waals surface area contributed by atoms with Crippen LogP contribution in [0.1, 0.15) is 42.9 Å². The number of nitrogens with zero attached hydrogens (tertiary/aromatic N) is 4. The molecule has 4 aromatic rings. The van der Waals surface area contributed by atoms with E-state index in [2.05, 4.69) is 10.1 Å². The highest BCUT2D eigenvalue weighted by molar-refractivity contribution is 5.78. The minimum atomic E-state index is -0.792. The maximum Gasteiger partial charge on any atom is 0.251 e. The number of nitrogens with two attached hydrogens (primary N) is 2. The average Bonchev–Trinajstić information content (AvgIpc) is 3.29. The normalized spacial score (nSPS) is 13.0. The molecule has 0 bridgehead atoms. The quantitative estimate of drug-likeness (QED) is 0.450. The lowest BCUT2D eigenvalue weighted by molar-refractivity contribution is -0.120. The molecule has 0 fully saturated rings. The van der Waals surface area contributed by atoms with Crippen molar-refractivity contribution in [2.45, 2.75) is 32.9 Å². The zero-order valence-corrected chi connectivity index (χ0v) is 18.5. The van der Waals surface area contributed by atoms with Gasteiger partial charge in [-0.3, -0.25) is 14.6 Å². The third-order valence-corrected chi connectivity index (χ3v) is 5.47. The van der Waals surface area contributed by atoms with Crippen molar-refractivity contribution < 1.29 is 15.0 Å². The highest BCUT2D eigenvalue weighted by Crippen LogP contribution is 2.29. The van der Waals surface area contributed by atoms with Crippen LogP contribution < -0.4 is 17.0 Å². The van der Waals surface area contributed by atoms with Gasteiger partial charge in [0, 0.05) is 41.2 Å². The van der Waals surface area contributed by atoms with E-state index in [-0.39, 0.29) is 17.3 Å². The summed E-state index contributed by atoms with van der Waals surface area (Å²) in [6.07, 6.45) is 3.15. The minimum absolute atomic E-state index is 0. The highest BCUT2D eigenvalue weighted by atomic mass is 16.5. The smallest absolute Gasteiger partial charge is 0.251 e. The Morgan fingerprint density at radius 2 is 1.91 bits per heavy atom. The van der Waals surface area contributed by atoms with Gasteiger partial charge in [-0.2, -0.15) is 0 Å². The van der Waals surface area contributed by atoms with Crippen molar-refractivity contribution in [2.75, 3.05) is 0 Å². The fraction of sp³-hybridized carbons (Fsp3) is 0.208. The van der Waals surface area contributed by atoms with Crippen molar-refractivity contribution in [1.82, 2.24) is 19.7 Å². The lowest BCUT2D eigenvalue weighted by Crippen LogP contribution is -2.31. The second-order valence-electron chi connectivity index (χ2n) is 7.92. The van der Waals surface area contributed by atoms with Crippen molar-refractivity contribution >= 4 is 5.91 Å². The summed E-state index contributed by atoms with van der Waals surface area (Å²) in [6, 6.07) is 11.7. The Kier molecular flexibility index (Phi) is 5.89. The molecule has 0 spiro atoms. The van der Waals surface area contributed by atoms with Crippen molar-refractivity contribution in [3.63, 3.8) is 0 Å². The maximum absolute atomic E-state index is 12.2. The first-order valence-corrected chi connectivity index (χ1v) is 10.4. The molecule has 1 aromatic carbocycles. The molecule has 4 rings (SSSR count). The van der Waals surface area contributed by atoms with Crippen LogP contribution in [-0.2, 0) is 4.79 Å². The van der Waals surface area contributed by atoms with Crippen molar-refractivity contribution in [1.29, 1.82) is 0 Å². The summed E-state index contributed by atoms with van der Waals surface area (Å²) in [6.45, 7) is 5.31. The number of hydrogen-bond donors (Lipinski definition) is 2. The van der Waals surface area contributed by atoms with E-state index in [9.17, 15) is 9.59 Å². The van der Waals surface area contributed by atoms with Crippen molar-refractivity contribution in [3.8, 4) is 34.0 Å². The first-order chi connectivity index (χ1) is 15.7. The van der Waals surface area contributed by atoms with Gasteiger partial charge in [-0.1, -0.05) is 23.4 Å². The molecule has 0 saturated heterocycles. The SMILES string of the molecule is Cc1ncc(-c2ccc(=O)n(C(C)C(N)=O)c2)nc1-c1cc(-c2cccc(C(C)N)c2)no1.[HH].[HH].[HH].[HH]. The van der Waals surface area contributed by atoms with Crippen molar-refractivity contribution in [2.24, 2.45) is 11.5 Å². The topological polar surface area (TPSA) is 143 Å². The molecule has 0 radical (unpaired) electrons.